The molecular weight excluding hydrogens is 406 g/mol. The molecule has 2 aromatic heterocycles. The van der Waals surface area contributed by atoms with E-state index in [1.54, 1.807) is 12.5 Å². The fourth-order valence-corrected chi connectivity index (χ4v) is 3.48. The van der Waals surface area contributed by atoms with E-state index in [9.17, 15) is 0 Å². The van der Waals surface area contributed by atoms with Crippen molar-refractivity contribution >= 4 is 0 Å². The lowest BCUT2D eigenvalue weighted by molar-refractivity contribution is 0.553. The van der Waals surface area contributed by atoms with Crippen LogP contribution < -0.4 is 0 Å². The molecule has 5 aromatic rings. The molecule has 3 aromatic carbocycles. The van der Waals surface area contributed by atoms with E-state index >= 15 is 0 Å². The molecule has 0 fully saturated rings. The topological polar surface area (TPSA) is 51.8 Å². The largest absolute Gasteiger partial charge is 0.446 e. The van der Waals surface area contributed by atoms with Gasteiger partial charge in [0.15, 0.2) is 5.82 Å². The monoisotopic (exact) mass is 427 g/mol. The molecule has 0 bridgehead atoms. The zero-order chi connectivity index (χ0) is 22.3. The van der Waals surface area contributed by atoms with E-state index in [1.165, 1.54) is 0 Å². The van der Waals surface area contributed by atoms with Gasteiger partial charge in [-0.25, -0.2) is 15.0 Å². The van der Waals surface area contributed by atoms with Crippen LogP contribution in [0.5, 0.6) is 0 Å². The van der Waals surface area contributed by atoms with Crippen molar-refractivity contribution in [3.63, 3.8) is 0 Å². The minimum atomic E-state index is 0.529. The summed E-state index contributed by atoms with van der Waals surface area (Å²) < 4.78 is 5.75. The Morgan fingerprint density at radius 1 is 0.485 bits per heavy atom. The Bertz CT molecular complexity index is 1340. The number of hydrogen-bond donors (Lipinski definition) is 0. The van der Waals surface area contributed by atoms with Crippen LogP contribution >= 0.6 is 0 Å². The molecule has 158 valence electrons. The zero-order valence-electron chi connectivity index (χ0n) is 17.9. The summed E-state index contributed by atoms with van der Waals surface area (Å²) in [6.07, 6.45) is 3.35. The van der Waals surface area contributed by atoms with Crippen molar-refractivity contribution in [3.8, 4) is 45.4 Å². The average Bonchev–Trinajstić information content (AvgIpc) is 3.02. The Kier molecular flexibility index (Phi) is 5.98. The van der Waals surface area contributed by atoms with Crippen molar-refractivity contribution in [1.29, 1.82) is 0 Å². The summed E-state index contributed by atoms with van der Waals surface area (Å²) in [5.41, 5.74) is 5.54. The van der Waals surface area contributed by atoms with Gasteiger partial charge in [0.05, 0.1) is 17.7 Å². The van der Waals surface area contributed by atoms with Crippen molar-refractivity contribution in [2.45, 2.75) is 0 Å². The third-order valence-corrected chi connectivity index (χ3v) is 5.12. The molecule has 0 unspecified atom stereocenters. The van der Waals surface area contributed by atoms with Gasteiger partial charge in [-0.1, -0.05) is 78.9 Å². The Morgan fingerprint density at radius 3 is 1.58 bits per heavy atom. The first-order valence-electron chi connectivity index (χ1n) is 10.7. The predicted octanol–water partition coefficient (Wildman–Crippen LogP) is 7.26. The second kappa shape index (κ2) is 9.71. The highest BCUT2D eigenvalue weighted by Gasteiger charge is 2.10. The summed E-state index contributed by atoms with van der Waals surface area (Å²) in [6.45, 7) is 0. The molecule has 0 spiro atoms. The summed E-state index contributed by atoms with van der Waals surface area (Å²) >= 11 is 0. The van der Waals surface area contributed by atoms with Gasteiger partial charge in [-0.05, 0) is 36.4 Å². The molecule has 2 heterocycles. The Hall–Kier alpha value is -4.57. The van der Waals surface area contributed by atoms with Gasteiger partial charge in [0, 0.05) is 28.5 Å². The SMILES string of the molecule is c1ccc(-c2cc(-c3ccccc3)nc(-c3cccoc(-c4ccccc4)ncc3)n2)cc1. The second-order valence-electron chi connectivity index (χ2n) is 7.38. The van der Waals surface area contributed by atoms with E-state index in [4.69, 9.17) is 14.4 Å². The van der Waals surface area contributed by atoms with Crippen molar-refractivity contribution in [2.24, 2.45) is 0 Å². The Morgan fingerprint density at radius 2 is 1.00 bits per heavy atom. The lowest BCUT2D eigenvalue weighted by Gasteiger charge is -2.08. The molecule has 0 saturated heterocycles. The predicted molar refractivity (Wildman–Crippen MR) is 131 cm³/mol. The maximum absolute atomic E-state index is 5.75. The van der Waals surface area contributed by atoms with E-state index in [1.807, 2.05) is 91.0 Å². The first kappa shape index (κ1) is 20.3. The van der Waals surface area contributed by atoms with Crippen molar-refractivity contribution in [2.75, 3.05) is 0 Å². The van der Waals surface area contributed by atoms with Gasteiger partial charge in [-0.3, -0.25) is 0 Å². The molecule has 5 rings (SSSR count). The summed E-state index contributed by atoms with van der Waals surface area (Å²) in [7, 11) is 0. The molecule has 0 aliphatic heterocycles. The highest BCUT2D eigenvalue weighted by Crippen LogP contribution is 2.27. The molecule has 0 radical (unpaired) electrons. The van der Waals surface area contributed by atoms with Crippen LogP contribution in [0.15, 0.2) is 132 Å². The van der Waals surface area contributed by atoms with Gasteiger partial charge in [-0.2, -0.15) is 0 Å². The molecule has 0 aliphatic rings. The number of hydrogen-bond acceptors (Lipinski definition) is 4. The molecule has 0 N–H and O–H groups in total. The third kappa shape index (κ3) is 4.86. The minimum absolute atomic E-state index is 0.529. The van der Waals surface area contributed by atoms with E-state index < -0.39 is 0 Å². The van der Waals surface area contributed by atoms with Gasteiger partial charge in [0.2, 0.25) is 5.89 Å². The highest BCUT2D eigenvalue weighted by molar-refractivity contribution is 5.71. The van der Waals surface area contributed by atoms with Crippen LogP contribution in [-0.2, 0) is 0 Å². The molecule has 4 heteroatoms. The van der Waals surface area contributed by atoms with Crippen molar-refractivity contribution in [1.82, 2.24) is 15.0 Å². The summed E-state index contributed by atoms with van der Waals surface area (Å²) in [6, 6.07) is 37.8. The van der Waals surface area contributed by atoms with Gasteiger partial charge in [0.1, 0.15) is 0 Å². The van der Waals surface area contributed by atoms with E-state index in [0.29, 0.717) is 11.7 Å². The van der Waals surface area contributed by atoms with Crippen LogP contribution in [0.2, 0.25) is 0 Å². The third-order valence-electron chi connectivity index (χ3n) is 5.12. The van der Waals surface area contributed by atoms with Crippen LogP contribution in [-0.4, -0.2) is 15.0 Å². The van der Waals surface area contributed by atoms with Crippen LogP contribution in [0, 0.1) is 0 Å². The Labute approximate surface area is 192 Å². The van der Waals surface area contributed by atoms with Gasteiger partial charge < -0.3 is 4.42 Å². The summed E-state index contributed by atoms with van der Waals surface area (Å²) in [5.74, 6) is 1.15. The molecule has 0 atom stereocenters. The number of benzene rings is 3. The van der Waals surface area contributed by atoms with E-state index in [-0.39, 0.29) is 0 Å². The van der Waals surface area contributed by atoms with Crippen LogP contribution in [0.4, 0.5) is 0 Å². The number of nitrogens with zero attached hydrogens (tertiary/aromatic N) is 3. The summed E-state index contributed by atoms with van der Waals surface area (Å²) in [4.78, 5) is 14.3. The fraction of sp³-hybridized carbons (Fsp3) is 0. The zero-order valence-corrected chi connectivity index (χ0v) is 17.9. The molecule has 0 aliphatic carbocycles. The first-order valence-corrected chi connectivity index (χ1v) is 10.7. The van der Waals surface area contributed by atoms with E-state index in [0.717, 1.165) is 33.6 Å². The van der Waals surface area contributed by atoms with Gasteiger partial charge in [0.25, 0.3) is 0 Å². The first-order chi connectivity index (χ1) is 16.4. The molecule has 4 nitrogen and oxygen atoms in total. The van der Waals surface area contributed by atoms with Gasteiger partial charge in [-0.15, -0.1) is 0 Å². The highest BCUT2D eigenvalue weighted by atomic mass is 16.3. The molecular formula is C29H21N3O. The standard InChI is InChI=1S/C29H21N3O/c1-4-11-22(12-5-1)26-21-27(23-13-6-2-7-14-23)32-28(31-26)24-17-10-20-33-29(30-19-18-24)25-15-8-3-9-16-25/h1-21H. The molecule has 33 heavy (non-hydrogen) atoms. The van der Waals surface area contributed by atoms with Crippen LogP contribution in [0.25, 0.3) is 45.4 Å². The number of aromatic nitrogens is 3. The van der Waals surface area contributed by atoms with Crippen LogP contribution in [0.1, 0.15) is 0 Å². The van der Waals surface area contributed by atoms with Gasteiger partial charge >= 0.3 is 0 Å². The normalized spacial score (nSPS) is 10.4. The molecule has 0 saturated carbocycles. The minimum Gasteiger partial charge on any atom is -0.446 e. The maximum atomic E-state index is 5.75. The number of rotatable bonds is 4. The second-order valence-corrected chi connectivity index (χ2v) is 7.38. The summed E-state index contributed by atoms with van der Waals surface area (Å²) in [5, 5.41) is 0. The molecule has 0 amide bonds. The van der Waals surface area contributed by atoms with Crippen molar-refractivity contribution < 1.29 is 4.42 Å². The van der Waals surface area contributed by atoms with Crippen LogP contribution in [0.3, 0.4) is 0 Å². The fourth-order valence-electron chi connectivity index (χ4n) is 3.48. The Balaban J connectivity index is 1.64. The smallest absolute Gasteiger partial charge is 0.225 e. The van der Waals surface area contributed by atoms with Crippen molar-refractivity contribution in [3.05, 3.63) is 128 Å². The lowest BCUT2D eigenvalue weighted by atomic mass is 10.1. The average molecular weight is 428 g/mol. The maximum Gasteiger partial charge on any atom is 0.225 e. The lowest BCUT2D eigenvalue weighted by Crippen LogP contribution is -1.95. The quantitative estimate of drug-likeness (QED) is 0.303. The van der Waals surface area contributed by atoms with E-state index in [2.05, 4.69) is 29.2 Å².